The fourth-order valence-corrected chi connectivity index (χ4v) is 15.1. The van der Waals surface area contributed by atoms with Gasteiger partial charge in [-0.2, -0.15) is 30.0 Å². The predicted molar refractivity (Wildman–Crippen MR) is 512 cm³/mol. The normalized spacial score (nSPS) is 11.7. The zero-order chi connectivity index (χ0) is 88.3. The van der Waals surface area contributed by atoms with Gasteiger partial charge >= 0.3 is 0 Å². The lowest BCUT2D eigenvalue weighted by molar-refractivity contribution is 0.461. The molecule has 0 atom stereocenters. The van der Waals surface area contributed by atoms with Crippen molar-refractivity contribution >= 4 is 140 Å². The molecule has 0 aliphatic carbocycles. The summed E-state index contributed by atoms with van der Waals surface area (Å²) >= 11 is 0. The number of aromatic amines is 3. The van der Waals surface area contributed by atoms with Gasteiger partial charge in [-0.05, 0) is 248 Å². The molecule has 0 aliphatic rings. The second-order valence-corrected chi connectivity index (χ2v) is 40.3. The van der Waals surface area contributed by atoms with Crippen LogP contribution in [0, 0.1) is 59.7 Å². The molecule has 8 heterocycles. The lowest BCUT2D eigenvalue weighted by atomic mass is 10.0. The maximum Gasteiger partial charge on any atom is 0.225 e. The first kappa shape index (κ1) is 99.7. The van der Waals surface area contributed by atoms with Crippen molar-refractivity contribution in [1.82, 2.24) is 70.0 Å². The Labute approximate surface area is 727 Å². The van der Waals surface area contributed by atoms with E-state index in [9.17, 15) is 21.2 Å². The van der Waals surface area contributed by atoms with Crippen molar-refractivity contribution in [3.05, 3.63) is 191 Å². The quantitative estimate of drug-likeness (QED) is 0.0358. The summed E-state index contributed by atoms with van der Waals surface area (Å²) in [5, 5.41) is 42.8. The highest BCUT2D eigenvalue weighted by Crippen LogP contribution is 2.34. The molecule has 5 aromatic carbocycles. The van der Waals surface area contributed by atoms with E-state index in [1.807, 2.05) is 198 Å². The Morgan fingerprint density at radius 3 is 1.11 bits per heavy atom. The van der Waals surface area contributed by atoms with Crippen LogP contribution in [0.3, 0.4) is 0 Å². The van der Waals surface area contributed by atoms with Crippen molar-refractivity contribution in [1.29, 1.82) is 0 Å². The molecule has 0 bridgehead atoms. The molecule has 0 saturated heterocycles. The van der Waals surface area contributed by atoms with Crippen molar-refractivity contribution in [2.75, 3.05) is 64.7 Å². The van der Waals surface area contributed by atoms with Crippen molar-refractivity contribution in [2.24, 2.45) is 5.41 Å². The Bertz CT molecular complexity index is 5960. The highest BCUT2D eigenvalue weighted by molar-refractivity contribution is 7.91. The zero-order valence-corrected chi connectivity index (χ0v) is 75.7. The van der Waals surface area contributed by atoms with Gasteiger partial charge < -0.3 is 63.1 Å². The molecule has 13 rings (SSSR count). The van der Waals surface area contributed by atoms with E-state index in [1.54, 1.807) is 62.9 Å². The fraction of sp³-hybridized carbons (Fsp3) is 0.402. The minimum absolute atomic E-state index is 0. The second-order valence-electron chi connectivity index (χ2n) is 36.1. The van der Waals surface area contributed by atoms with E-state index in [1.165, 1.54) is 11.5 Å². The molecule has 0 amide bonds. The van der Waals surface area contributed by atoms with Crippen LogP contribution in [0.15, 0.2) is 156 Å². The van der Waals surface area contributed by atoms with E-state index in [0.717, 1.165) is 89.4 Å². The summed E-state index contributed by atoms with van der Waals surface area (Å²) in [6.45, 7) is 51.6. The molecule has 0 spiro atoms. The molecule has 13 N–H and O–H groups in total. The highest BCUT2D eigenvalue weighted by Gasteiger charge is 2.27. The number of hydrogen-bond acceptors (Lipinski definition) is 25. The molecule has 0 radical (unpaired) electrons. The molecule has 0 fully saturated rings. The molecular weight excluding hydrogens is 1590 g/mol. The molecule has 662 valence electrons. The average Bonchev–Trinajstić information content (AvgIpc) is 1.49. The molecule has 0 unspecified atom stereocenters. The maximum atomic E-state index is 13.8. The van der Waals surface area contributed by atoms with Crippen molar-refractivity contribution in [2.45, 2.75) is 240 Å². The van der Waals surface area contributed by atoms with Crippen LogP contribution in [0.25, 0.3) is 32.7 Å². The van der Waals surface area contributed by atoms with Crippen molar-refractivity contribution in [3.8, 4) is 0 Å². The number of halogens is 1. The maximum absolute atomic E-state index is 13.8. The summed E-state index contributed by atoms with van der Waals surface area (Å²) in [5.41, 5.74) is 12.0. The summed E-state index contributed by atoms with van der Waals surface area (Å²) in [7, 11) is -6.66. The second kappa shape index (κ2) is 40.7. The van der Waals surface area contributed by atoms with E-state index in [2.05, 4.69) is 183 Å². The van der Waals surface area contributed by atoms with Gasteiger partial charge in [0.15, 0.2) is 19.7 Å². The average molecular weight is 1720 g/mol. The molecule has 31 heteroatoms. The topological polar surface area (TPSA) is 378 Å². The van der Waals surface area contributed by atoms with Gasteiger partial charge in [0, 0.05) is 143 Å². The number of hydrogen-bond donors (Lipinski definition) is 13. The standard InChI is InChI=1S/C21H32N4O2S.C18H26N4O2S.C17H20FN5.C17H21N5.C16H20N6.3CH4/c1-14-9-10-16(11-17(14)28(26,27)13-20(3,4)5)23-18-15(2)12-22-19(24-18)25-21(6,7)8;1-7-25(23,24)15-10-14(9-8-12(15)2)20-16-13(3)11-19-17(21-16)22-18(4,5)6;1-10-9-20-16(23-17(2,3)4)22-15(10)21-13-6-5-12(18)14-11(13)7-8-19-14;1-11-10-19-16(22-17(2,3)4)21-15(11)20-13-5-6-14-12(9-13)7-8-18-14;1-10-8-17-15(21-16(2,3)4)20-14(10)19-12-6-5-7-13-11(12)9-18-22-13;;;/h9-12H,13H2,1-8H3,(H2,22,23,24,25);8-11H,7H2,1-6H3,(H2,19,20,21,22);5-9,19H,1-4H3,(H2,20,21,22,23);5-10,18H,1-4H3,(H2,19,20,21,22);5-9H,1-4H3,(H,18,22)(H2,17,19,20,21);3*1H4. The Kier molecular flexibility index (Phi) is 33.0. The first-order chi connectivity index (χ1) is 55.8. The minimum Gasteiger partial charge on any atom is -0.361 e. The Hall–Kier alpha value is -12.1. The lowest BCUT2D eigenvalue weighted by Crippen LogP contribution is -2.27. The molecule has 28 nitrogen and oxygen atoms in total. The van der Waals surface area contributed by atoms with Crippen LogP contribution in [0.4, 0.5) is 91.7 Å². The fourth-order valence-electron chi connectivity index (χ4n) is 11.8. The lowest BCUT2D eigenvalue weighted by Gasteiger charge is -2.21. The van der Waals surface area contributed by atoms with Crippen LogP contribution in [0.2, 0.25) is 0 Å². The summed E-state index contributed by atoms with van der Waals surface area (Å²) in [6, 6.07) is 29.9. The number of sulfone groups is 2. The number of aromatic nitrogens is 14. The van der Waals surface area contributed by atoms with Crippen LogP contribution in [0.1, 0.15) is 193 Å². The third-order valence-corrected chi connectivity index (χ3v) is 21.6. The van der Waals surface area contributed by atoms with Crippen molar-refractivity contribution in [3.63, 3.8) is 0 Å². The van der Waals surface area contributed by atoms with Gasteiger partial charge in [-0.3, -0.25) is 5.10 Å². The summed E-state index contributed by atoms with van der Waals surface area (Å²) in [5.74, 6) is 6.32. The van der Waals surface area contributed by atoms with E-state index in [-0.39, 0.29) is 72.7 Å². The van der Waals surface area contributed by atoms with Gasteiger partial charge in [0.1, 0.15) is 34.9 Å². The zero-order valence-electron chi connectivity index (χ0n) is 74.0. The van der Waals surface area contributed by atoms with Gasteiger partial charge in [0.2, 0.25) is 29.7 Å². The predicted octanol–water partition coefficient (Wildman–Crippen LogP) is 22.8. The van der Waals surface area contributed by atoms with E-state index in [4.69, 9.17) is 0 Å². The van der Waals surface area contributed by atoms with Crippen LogP contribution in [0.5, 0.6) is 0 Å². The largest absolute Gasteiger partial charge is 0.361 e. The third kappa shape index (κ3) is 29.9. The van der Waals surface area contributed by atoms with Gasteiger partial charge in [-0.1, -0.05) is 68.2 Å². The summed E-state index contributed by atoms with van der Waals surface area (Å²) in [6.07, 6.45) is 14.4. The molecule has 123 heavy (non-hydrogen) atoms. The number of anilines is 15. The number of nitrogens with zero attached hydrogens (tertiary/aromatic N) is 11. The summed E-state index contributed by atoms with van der Waals surface area (Å²) in [4.78, 5) is 51.1. The number of aryl methyl sites for hydroxylation is 7. The monoisotopic (exact) mass is 1720 g/mol. The van der Waals surface area contributed by atoms with Gasteiger partial charge in [-0.15, -0.1) is 0 Å². The van der Waals surface area contributed by atoms with Crippen LogP contribution in [-0.2, 0) is 19.7 Å². The van der Waals surface area contributed by atoms with E-state index >= 15 is 0 Å². The Morgan fingerprint density at radius 1 is 0.366 bits per heavy atom. The van der Waals surface area contributed by atoms with E-state index < -0.39 is 19.7 Å². The number of H-pyrrole nitrogens is 3. The molecule has 0 saturated carbocycles. The smallest absolute Gasteiger partial charge is 0.225 e. The molecule has 13 aromatic rings. The number of nitrogens with one attached hydrogen (secondary N) is 13. The van der Waals surface area contributed by atoms with Gasteiger partial charge in [-0.25, -0.2) is 46.1 Å². The SMILES string of the molecule is C.C.C.CCS(=O)(=O)c1cc(Nc2nc(NC(C)(C)C)ncc2C)ccc1C.Cc1ccc(Nc2nc(NC(C)(C)C)ncc2C)cc1S(=O)(=O)CC(C)(C)C.Cc1cnc(NC(C)(C)C)nc1Nc1ccc(F)c2[nH]ccc12.Cc1cnc(NC(C)(C)C)nc1Nc1ccc2[nH]ccc2c1.Cc1cnc(NC(C)(C)C)nc1Nc1cccc2[nH]ncc12. The summed E-state index contributed by atoms with van der Waals surface area (Å²) < 4.78 is 64.0. The Balaban J connectivity index is 0.000000237. The van der Waals surface area contributed by atoms with Gasteiger partial charge in [0.05, 0.1) is 44.2 Å². The minimum atomic E-state index is -3.39. The van der Waals surface area contributed by atoms with Crippen LogP contribution >= 0.6 is 0 Å². The molecule has 8 aromatic heterocycles. The van der Waals surface area contributed by atoms with Gasteiger partial charge in [0.25, 0.3) is 0 Å². The molecular formula is C92H131FN24O4S2. The number of rotatable bonds is 19. The number of fused-ring (bicyclic) bond motifs is 3. The third-order valence-electron chi connectivity index (χ3n) is 17.3. The number of benzene rings is 5. The molecule has 0 aliphatic heterocycles. The highest BCUT2D eigenvalue weighted by atomic mass is 32.2. The van der Waals surface area contributed by atoms with E-state index in [0.29, 0.717) is 73.9 Å². The van der Waals surface area contributed by atoms with Crippen molar-refractivity contribution < 1.29 is 21.2 Å². The van der Waals surface area contributed by atoms with Crippen LogP contribution < -0.4 is 53.2 Å². The Morgan fingerprint density at radius 2 is 0.724 bits per heavy atom. The first-order valence-corrected chi connectivity index (χ1v) is 43.0. The van der Waals surface area contributed by atoms with Crippen LogP contribution in [-0.4, -0.2) is 126 Å². The first-order valence-electron chi connectivity index (χ1n) is 39.7.